The minimum Gasteiger partial charge on any atom is -0.481 e. The Kier molecular flexibility index (Phi) is 4.98. The first-order chi connectivity index (χ1) is 15.0. The molecule has 31 heavy (non-hydrogen) atoms. The first-order valence-corrected chi connectivity index (χ1v) is 11.3. The van der Waals surface area contributed by atoms with Crippen LogP contribution in [-0.2, 0) is 16.6 Å². The Bertz CT molecular complexity index is 1140. The van der Waals surface area contributed by atoms with Crippen LogP contribution in [0.15, 0.2) is 60.7 Å². The van der Waals surface area contributed by atoms with Crippen molar-refractivity contribution in [1.29, 1.82) is 0 Å². The number of nitrogens with one attached hydrogen (secondary N) is 1. The van der Waals surface area contributed by atoms with Gasteiger partial charge in [-0.05, 0) is 72.7 Å². The van der Waals surface area contributed by atoms with Crippen LogP contribution in [0.4, 0.5) is 5.69 Å². The molecule has 0 bridgehead atoms. The molecule has 3 atom stereocenters. The lowest BCUT2D eigenvalue weighted by molar-refractivity contribution is -0.143. The second kappa shape index (κ2) is 7.69. The fourth-order valence-electron chi connectivity index (χ4n) is 5.44. The van der Waals surface area contributed by atoms with Gasteiger partial charge < -0.3 is 15.3 Å². The average Bonchev–Trinajstić information content (AvgIpc) is 3.38. The van der Waals surface area contributed by atoms with E-state index in [4.69, 9.17) is 0 Å². The van der Waals surface area contributed by atoms with E-state index in [9.17, 15) is 9.90 Å². The van der Waals surface area contributed by atoms with E-state index in [0.29, 0.717) is 12.5 Å². The van der Waals surface area contributed by atoms with Gasteiger partial charge in [-0.2, -0.15) is 0 Å². The summed E-state index contributed by atoms with van der Waals surface area (Å²) in [5.74, 6) is -0.715. The van der Waals surface area contributed by atoms with Crippen LogP contribution in [0.3, 0.4) is 0 Å². The largest absolute Gasteiger partial charge is 0.481 e. The Labute approximate surface area is 183 Å². The fourth-order valence-corrected chi connectivity index (χ4v) is 5.44. The van der Waals surface area contributed by atoms with Crippen LogP contribution in [0, 0.1) is 0 Å². The molecule has 160 valence electrons. The van der Waals surface area contributed by atoms with Crippen molar-refractivity contribution in [2.45, 2.75) is 50.6 Å². The third-order valence-electron chi connectivity index (χ3n) is 7.38. The Balaban J connectivity index is 1.31. The number of carbonyl (C=O) groups is 1. The maximum Gasteiger partial charge on any atom is 0.313 e. The Hall–Kier alpha value is -2.85. The van der Waals surface area contributed by atoms with E-state index < -0.39 is 11.4 Å². The number of aryl methyl sites for hydroxylation is 1. The second-order valence-electron chi connectivity index (χ2n) is 9.37. The molecule has 1 saturated heterocycles. The molecule has 0 radical (unpaired) electrons. The van der Waals surface area contributed by atoms with Crippen LogP contribution < -0.4 is 10.2 Å². The number of carboxylic acids is 1. The monoisotopic (exact) mass is 414 g/mol. The summed E-state index contributed by atoms with van der Waals surface area (Å²) in [5, 5.41) is 16.2. The zero-order chi connectivity index (χ0) is 21.6. The summed E-state index contributed by atoms with van der Waals surface area (Å²) >= 11 is 0. The van der Waals surface area contributed by atoms with E-state index in [2.05, 4.69) is 77.8 Å². The van der Waals surface area contributed by atoms with Gasteiger partial charge in [0.25, 0.3) is 0 Å². The van der Waals surface area contributed by atoms with Gasteiger partial charge in [-0.3, -0.25) is 4.79 Å². The molecular weight excluding hydrogens is 384 g/mol. The molecular formula is C27H30N2O2. The van der Waals surface area contributed by atoms with E-state index >= 15 is 0 Å². The molecule has 1 aliphatic carbocycles. The van der Waals surface area contributed by atoms with Gasteiger partial charge in [0, 0.05) is 30.9 Å². The highest BCUT2D eigenvalue weighted by Gasteiger charge is 2.41. The second-order valence-corrected chi connectivity index (χ2v) is 9.37. The molecule has 2 N–H and O–H groups in total. The zero-order valence-electron chi connectivity index (χ0n) is 18.3. The molecule has 0 saturated carbocycles. The molecule has 5 rings (SSSR count). The summed E-state index contributed by atoms with van der Waals surface area (Å²) in [5.41, 5.74) is 3.91. The minimum absolute atomic E-state index is 0.270. The molecule has 3 aromatic rings. The lowest BCUT2D eigenvalue weighted by atomic mass is 9.84. The van der Waals surface area contributed by atoms with Crippen LogP contribution >= 0.6 is 0 Å². The first kappa shape index (κ1) is 20.1. The third kappa shape index (κ3) is 3.49. The van der Waals surface area contributed by atoms with Gasteiger partial charge in [-0.15, -0.1) is 0 Å². The van der Waals surface area contributed by atoms with E-state index in [1.165, 1.54) is 21.9 Å². The van der Waals surface area contributed by atoms with Crippen LogP contribution in [-0.4, -0.2) is 30.2 Å². The molecule has 1 unspecified atom stereocenters. The van der Waals surface area contributed by atoms with Gasteiger partial charge in [0.1, 0.15) is 0 Å². The number of anilines is 1. The smallest absolute Gasteiger partial charge is 0.313 e. The standard InChI is InChI=1S/C27H30N2O2/c1-18(23-9-5-7-19-6-3-4-8-24(19)23)28-21-13-15-29(17-21)22-11-10-20-12-14-27(2,26(30)31)25(20)16-22/h3-11,16,18,21,28H,12-15,17H2,1-2H3,(H,30,31)/t18-,21?,27-/m1/s1. The maximum absolute atomic E-state index is 11.9. The van der Waals surface area contributed by atoms with Crippen molar-refractivity contribution < 1.29 is 9.90 Å². The van der Waals surface area contributed by atoms with Crippen molar-refractivity contribution in [3.8, 4) is 0 Å². The number of rotatable bonds is 5. The normalized spacial score (nSPS) is 23.8. The number of hydrogen-bond donors (Lipinski definition) is 2. The lowest BCUT2D eigenvalue weighted by Gasteiger charge is -2.25. The van der Waals surface area contributed by atoms with Crippen LogP contribution in [0.2, 0.25) is 0 Å². The molecule has 1 aliphatic heterocycles. The van der Waals surface area contributed by atoms with Gasteiger partial charge in [-0.1, -0.05) is 48.5 Å². The number of fused-ring (bicyclic) bond motifs is 2. The molecule has 0 spiro atoms. The highest BCUT2D eigenvalue weighted by atomic mass is 16.4. The van der Waals surface area contributed by atoms with Gasteiger partial charge in [-0.25, -0.2) is 0 Å². The van der Waals surface area contributed by atoms with Crippen molar-refractivity contribution in [3.63, 3.8) is 0 Å². The SMILES string of the molecule is C[C@@H](NC1CCN(c2ccc3c(c2)[C@](C)(C(=O)O)CC3)C1)c1cccc2ccccc12. The fraction of sp³-hybridized carbons (Fsp3) is 0.370. The highest BCUT2D eigenvalue weighted by molar-refractivity contribution is 5.86. The minimum atomic E-state index is -0.758. The lowest BCUT2D eigenvalue weighted by Crippen LogP contribution is -2.34. The van der Waals surface area contributed by atoms with E-state index in [1.807, 2.05) is 6.92 Å². The molecule has 2 aliphatic rings. The molecule has 3 aromatic carbocycles. The van der Waals surface area contributed by atoms with E-state index in [0.717, 1.165) is 37.2 Å². The number of hydrogen-bond acceptors (Lipinski definition) is 3. The molecule has 4 heteroatoms. The number of nitrogens with zero attached hydrogens (tertiary/aromatic N) is 1. The Morgan fingerprint density at radius 3 is 2.81 bits per heavy atom. The topological polar surface area (TPSA) is 52.6 Å². The van der Waals surface area contributed by atoms with Gasteiger partial charge >= 0.3 is 5.97 Å². The average molecular weight is 415 g/mol. The zero-order valence-corrected chi connectivity index (χ0v) is 18.3. The molecule has 0 amide bonds. The quantitative estimate of drug-likeness (QED) is 0.613. The van der Waals surface area contributed by atoms with Crippen molar-refractivity contribution >= 4 is 22.4 Å². The van der Waals surface area contributed by atoms with Crippen molar-refractivity contribution in [1.82, 2.24) is 5.32 Å². The summed E-state index contributed by atoms with van der Waals surface area (Å²) in [6.07, 6.45) is 2.63. The summed E-state index contributed by atoms with van der Waals surface area (Å²) in [6.45, 7) is 6.05. The van der Waals surface area contributed by atoms with Gasteiger partial charge in [0.15, 0.2) is 0 Å². The molecule has 4 nitrogen and oxygen atoms in total. The van der Waals surface area contributed by atoms with E-state index in [-0.39, 0.29) is 6.04 Å². The molecule has 1 heterocycles. The third-order valence-corrected chi connectivity index (χ3v) is 7.38. The van der Waals surface area contributed by atoms with Crippen molar-refractivity contribution in [2.24, 2.45) is 0 Å². The predicted octanol–water partition coefficient (Wildman–Crippen LogP) is 5.06. The highest BCUT2D eigenvalue weighted by Crippen LogP contribution is 2.41. The number of benzene rings is 3. The molecule has 1 fully saturated rings. The number of carboxylic acid groups (broad SMARTS) is 1. The molecule has 0 aromatic heterocycles. The predicted molar refractivity (Wildman–Crippen MR) is 126 cm³/mol. The van der Waals surface area contributed by atoms with E-state index in [1.54, 1.807) is 0 Å². The van der Waals surface area contributed by atoms with Crippen LogP contribution in [0.5, 0.6) is 0 Å². The number of aliphatic carboxylic acids is 1. The van der Waals surface area contributed by atoms with Gasteiger partial charge in [0.05, 0.1) is 5.41 Å². The summed E-state index contributed by atoms with van der Waals surface area (Å²) in [7, 11) is 0. The first-order valence-electron chi connectivity index (χ1n) is 11.3. The Morgan fingerprint density at radius 2 is 1.97 bits per heavy atom. The maximum atomic E-state index is 11.9. The van der Waals surface area contributed by atoms with Crippen LogP contribution in [0.25, 0.3) is 10.8 Å². The summed E-state index contributed by atoms with van der Waals surface area (Å²) < 4.78 is 0. The van der Waals surface area contributed by atoms with Crippen molar-refractivity contribution in [2.75, 3.05) is 18.0 Å². The summed E-state index contributed by atoms with van der Waals surface area (Å²) in [4.78, 5) is 14.3. The summed E-state index contributed by atoms with van der Waals surface area (Å²) in [6, 6.07) is 22.2. The van der Waals surface area contributed by atoms with Crippen LogP contribution in [0.1, 0.15) is 49.4 Å². The van der Waals surface area contributed by atoms with Gasteiger partial charge in [0.2, 0.25) is 0 Å². The Morgan fingerprint density at radius 1 is 1.16 bits per heavy atom. The van der Waals surface area contributed by atoms with Crippen molar-refractivity contribution in [3.05, 3.63) is 77.4 Å².